The largest absolute Gasteiger partial charge is 0.387 e. The number of aromatic amines is 2. The van der Waals surface area contributed by atoms with E-state index in [-0.39, 0.29) is 59.8 Å². The monoisotopic (exact) mass is 651 g/mol. The molecule has 0 spiro atoms. The van der Waals surface area contributed by atoms with E-state index < -0.39 is 49.1 Å². The van der Waals surface area contributed by atoms with E-state index in [1.54, 1.807) is 0 Å². The van der Waals surface area contributed by atoms with Crippen molar-refractivity contribution in [3.63, 3.8) is 0 Å². The van der Waals surface area contributed by atoms with Crippen LogP contribution in [-0.2, 0) is 40.8 Å². The van der Waals surface area contributed by atoms with Gasteiger partial charge in [-0.05, 0) is 0 Å². The summed E-state index contributed by atoms with van der Waals surface area (Å²) in [6, 6.07) is 0. The van der Waals surface area contributed by atoms with Crippen LogP contribution in [0.25, 0.3) is 22.3 Å². The Kier molecular flexibility index (Phi) is 9.13. The Labute approximate surface area is 242 Å². The number of H-pyrrole nitrogens is 2. The third-order valence-electron chi connectivity index (χ3n) is 6.02. The molecular formula is C19H24FN9O8P2S2. The van der Waals surface area contributed by atoms with Crippen molar-refractivity contribution < 1.29 is 32.0 Å². The number of ether oxygens (including phenoxy) is 2. The van der Waals surface area contributed by atoms with E-state index in [0.29, 0.717) is 0 Å². The van der Waals surface area contributed by atoms with E-state index in [2.05, 4.69) is 64.2 Å². The molecule has 1 fully saturated rings. The van der Waals surface area contributed by atoms with Gasteiger partial charge in [0.1, 0.15) is 24.6 Å². The number of thiol groups is 2. The first kappa shape index (κ1) is 30.1. The summed E-state index contributed by atoms with van der Waals surface area (Å²) < 4.78 is 58.9. The van der Waals surface area contributed by atoms with E-state index >= 15 is 4.39 Å². The number of nitrogens with zero attached hydrogens (tertiary/aromatic N) is 6. The molecule has 2 unspecified atom stereocenters. The molecule has 0 radical (unpaired) electrons. The summed E-state index contributed by atoms with van der Waals surface area (Å²) in [6.07, 6.45) is -3.59. The number of anilines is 1. The minimum absolute atomic E-state index is 0.0150. The van der Waals surface area contributed by atoms with E-state index in [1.165, 1.54) is 21.8 Å². The molecule has 222 valence electrons. The summed E-state index contributed by atoms with van der Waals surface area (Å²) in [7, 11) is 2.10. The molecule has 0 aromatic carbocycles. The molecule has 1 aliphatic heterocycles. The average molecular weight is 652 g/mol. The van der Waals surface area contributed by atoms with Crippen molar-refractivity contribution in [2.75, 3.05) is 24.9 Å². The van der Waals surface area contributed by atoms with Gasteiger partial charge in [0.25, 0.3) is 11.1 Å². The van der Waals surface area contributed by atoms with Crippen molar-refractivity contribution in [2.45, 2.75) is 37.8 Å². The number of imidazole rings is 2. The normalized spacial score (nSPS) is 22.5. The molecule has 6 atom stereocenters. The van der Waals surface area contributed by atoms with Crippen LogP contribution in [0.3, 0.4) is 0 Å². The highest BCUT2D eigenvalue weighted by Gasteiger charge is 2.50. The SMILES string of the molecule is Nc1nc2c(ncn2[C@@H]2O[C@H](COCS)[C@@H](F)[C@H]2OP(=O)(S)OCc2nc3c(=O)[nH]cnc3n2CCOP)c(=O)[nH]1. The molecule has 0 saturated carbocycles. The Morgan fingerprint density at radius 2 is 2.02 bits per heavy atom. The minimum atomic E-state index is -4.34. The van der Waals surface area contributed by atoms with Gasteiger partial charge in [0.05, 0.1) is 31.8 Å². The van der Waals surface area contributed by atoms with Crippen LogP contribution >= 0.6 is 41.1 Å². The Morgan fingerprint density at radius 3 is 2.78 bits per heavy atom. The van der Waals surface area contributed by atoms with E-state index in [0.717, 1.165) is 0 Å². The summed E-state index contributed by atoms with van der Waals surface area (Å²) in [4.78, 5) is 45.7. The quantitative estimate of drug-likeness (QED) is 0.0812. The lowest BCUT2D eigenvalue weighted by atomic mass is 10.1. The zero-order chi connectivity index (χ0) is 29.3. The summed E-state index contributed by atoms with van der Waals surface area (Å²) >= 11 is 8.00. The van der Waals surface area contributed by atoms with Gasteiger partial charge in [-0.25, -0.2) is 23.9 Å². The fraction of sp³-hybridized carbons (Fsp3) is 0.474. The number of nitrogens with one attached hydrogen (secondary N) is 2. The number of aromatic nitrogens is 8. The summed E-state index contributed by atoms with van der Waals surface area (Å²) in [5, 5.41) is 0. The lowest BCUT2D eigenvalue weighted by Gasteiger charge is -2.24. The predicted molar refractivity (Wildman–Crippen MR) is 151 cm³/mol. The minimum Gasteiger partial charge on any atom is -0.369 e. The fourth-order valence-corrected chi connectivity index (χ4v) is 5.85. The number of hydrogen-bond donors (Lipinski definition) is 5. The molecule has 22 heteroatoms. The van der Waals surface area contributed by atoms with Crippen LogP contribution in [-0.4, -0.2) is 76.6 Å². The lowest BCUT2D eigenvalue weighted by molar-refractivity contribution is -0.0548. The summed E-state index contributed by atoms with van der Waals surface area (Å²) in [5.74, 6) is -0.0588. The first-order chi connectivity index (χ1) is 19.6. The standard InChI is InChI=1S/C19H24FN9O8P2S2/c20-10-8(3-33-7-40)36-18(29-6-24-11-15(29)26-19(21)27-17(11)31)13(10)37-39(32,41)35-4-9-25-12-14(22-5-23-16(12)30)28(9)1-2-34-38/h5-6,8,10,13,18,40H,1-4,7,38H2,(H,32,41)(H,22,23,30)(H3,21,26,27,31)/t8-,10-,13-,18-,39?/m1/s1. The van der Waals surface area contributed by atoms with Gasteiger partial charge in [-0.3, -0.25) is 28.2 Å². The smallest absolute Gasteiger partial charge is 0.369 e. The van der Waals surface area contributed by atoms with Crippen molar-refractivity contribution in [1.29, 1.82) is 0 Å². The number of fused-ring (bicyclic) bond motifs is 2. The molecule has 1 aliphatic rings. The molecule has 0 bridgehead atoms. The Bertz CT molecular complexity index is 1720. The number of nitrogens with two attached hydrogens (primary N) is 1. The van der Waals surface area contributed by atoms with Crippen LogP contribution < -0.4 is 16.9 Å². The second kappa shape index (κ2) is 12.4. The topological polar surface area (TPSA) is 216 Å². The van der Waals surface area contributed by atoms with Crippen LogP contribution in [0, 0.1) is 0 Å². The van der Waals surface area contributed by atoms with Crippen LogP contribution in [0.2, 0.25) is 0 Å². The number of alkyl halides is 1. The predicted octanol–water partition coefficient (Wildman–Crippen LogP) is 0.721. The van der Waals surface area contributed by atoms with Gasteiger partial charge in [-0.2, -0.15) is 17.6 Å². The second-order valence-electron chi connectivity index (χ2n) is 8.55. The molecule has 0 aliphatic carbocycles. The van der Waals surface area contributed by atoms with Gasteiger partial charge in [-0.15, -0.1) is 0 Å². The third kappa shape index (κ3) is 6.21. The Hall–Kier alpha value is -2.41. The summed E-state index contributed by atoms with van der Waals surface area (Å²) in [5.41, 5.74) is 4.73. The highest BCUT2D eigenvalue weighted by Crippen LogP contribution is 2.57. The molecule has 4 N–H and O–H groups in total. The molecule has 5 rings (SSSR count). The molecule has 5 heterocycles. The van der Waals surface area contributed by atoms with Crippen molar-refractivity contribution in [3.8, 4) is 0 Å². The van der Waals surface area contributed by atoms with Gasteiger partial charge in [0, 0.05) is 16.0 Å². The van der Waals surface area contributed by atoms with E-state index in [1.807, 2.05) is 0 Å². The van der Waals surface area contributed by atoms with Crippen LogP contribution in [0.15, 0.2) is 22.2 Å². The zero-order valence-corrected chi connectivity index (χ0v) is 24.7. The maximum absolute atomic E-state index is 15.7. The Balaban J connectivity index is 1.42. The van der Waals surface area contributed by atoms with E-state index in [9.17, 15) is 14.2 Å². The molecule has 1 saturated heterocycles. The molecule has 4 aromatic rings. The van der Waals surface area contributed by atoms with Crippen molar-refractivity contribution >= 4 is 69.4 Å². The first-order valence-electron chi connectivity index (χ1n) is 11.7. The average Bonchev–Trinajstić information content (AvgIpc) is 3.60. The number of rotatable bonds is 12. The van der Waals surface area contributed by atoms with Gasteiger partial charge < -0.3 is 29.3 Å². The third-order valence-corrected chi connectivity index (χ3v) is 8.04. The maximum Gasteiger partial charge on any atom is 0.387 e. The summed E-state index contributed by atoms with van der Waals surface area (Å²) in [6.45, 7) is -4.56. The van der Waals surface area contributed by atoms with Crippen LogP contribution in [0.5, 0.6) is 0 Å². The van der Waals surface area contributed by atoms with Gasteiger partial charge in [0.2, 0.25) is 5.95 Å². The molecule has 41 heavy (non-hydrogen) atoms. The molecular weight excluding hydrogens is 627 g/mol. The van der Waals surface area contributed by atoms with Gasteiger partial charge in [0.15, 0.2) is 34.7 Å². The van der Waals surface area contributed by atoms with Crippen molar-refractivity contribution in [1.82, 2.24) is 39.0 Å². The molecule has 4 aromatic heterocycles. The highest BCUT2D eigenvalue weighted by molar-refractivity contribution is 8.44. The van der Waals surface area contributed by atoms with Crippen molar-refractivity contribution in [2.24, 2.45) is 0 Å². The first-order valence-corrected chi connectivity index (χ1v) is 15.5. The number of nitrogen functional groups attached to an aromatic ring is 1. The van der Waals surface area contributed by atoms with Crippen LogP contribution in [0.4, 0.5) is 10.3 Å². The molecule has 0 amide bonds. The highest BCUT2D eigenvalue weighted by atomic mass is 32.7. The zero-order valence-electron chi connectivity index (χ0n) is 20.8. The number of hydrogen-bond acceptors (Lipinski definition) is 14. The number of halogens is 1. The van der Waals surface area contributed by atoms with Crippen molar-refractivity contribution in [3.05, 3.63) is 39.2 Å². The fourth-order valence-electron chi connectivity index (χ4n) is 4.27. The van der Waals surface area contributed by atoms with Gasteiger partial charge in [-0.1, -0.05) is 12.2 Å². The van der Waals surface area contributed by atoms with Gasteiger partial charge >= 0.3 is 6.80 Å². The maximum atomic E-state index is 15.7. The van der Waals surface area contributed by atoms with E-state index in [4.69, 9.17) is 28.8 Å². The lowest BCUT2D eigenvalue weighted by Crippen LogP contribution is -2.32. The Morgan fingerprint density at radius 1 is 1.22 bits per heavy atom. The molecule has 17 nitrogen and oxygen atoms in total. The van der Waals surface area contributed by atoms with Crippen LogP contribution in [0.1, 0.15) is 12.1 Å². The second-order valence-corrected chi connectivity index (χ2v) is 12.0.